The first kappa shape index (κ1) is 15.8. The second kappa shape index (κ2) is 6.64. The van der Waals surface area contributed by atoms with Crippen LogP contribution in [0.15, 0.2) is 42.9 Å². The van der Waals surface area contributed by atoms with Crippen LogP contribution < -0.4 is 5.32 Å². The Morgan fingerprint density at radius 3 is 2.84 bits per heavy atom. The molecule has 4 heterocycles. The third kappa shape index (κ3) is 3.39. The second-order valence-corrected chi connectivity index (χ2v) is 6.37. The average Bonchev–Trinajstić information content (AvgIpc) is 3.03. The summed E-state index contributed by atoms with van der Waals surface area (Å²) in [5.41, 5.74) is 3.97. The van der Waals surface area contributed by atoms with Gasteiger partial charge in [0.1, 0.15) is 5.65 Å². The predicted molar refractivity (Wildman–Crippen MR) is 95.3 cm³/mol. The molecule has 1 N–H and O–H groups in total. The van der Waals surface area contributed by atoms with Crippen molar-refractivity contribution in [2.24, 2.45) is 5.92 Å². The number of ether oxygens (including phenoxy) is 1. The van der Waals surface area contributed by atoms with Crippen LogP contribution in [0.1, 0.15) is 18.5 Å². The van der Waals surface area contributed by atoms with E-state index in [9.17, 15) is 4.79 Å². The number of nitrogens with zero attached hydrogens (tertiary/aromatic N) is 3. The molecule has 128 valence electrons. The van der Waals surface area contributed by atoms with Crippen LogP contribution >= 0.6 is 0 Å². The van der Waals surface area contributed by atoms with E-state index in [2.05, 4.69) is 15.3 Å². The van der Waals surface area contributed by atoms with Gasteiger partial charge in [0, 0.05) is 37.2 Å². The lowest BCUT2D eigenvalue weighted by molar-refractivity contribution is -0.122. The van der Waals surface area contributed by atoms with E-state index in [4.69, 9.17) is 4.74 Å². The summed E-state index contributed by atoms with van der Waals surface area (Å²) in [6, 6.07) is 8.02. The van der Waals surface area contributed by atoms with Crippen LogP contribution in [0.3, 0.4) is 0 Å². The number of anilines is 1. The Bertz CT molecular complexity index is 913. The summed E-state index contributed by atoms with van der Waals surface area (Å²) in [4.78, 5) is 21.1. The highest BCUT2D eigenvalue weighted by Gasteiger charge is 2.22. The van der Waals surface area contributed by atoms with Gasteiger partial charge in [-0.15, -0.1) is 0 Å². The van der Waals surface area contributed by atoms with E-state index >= 15 is 0 Å². The minimum absolute atomic E-state index is 0.00826. The molecule has 0 radical (unpaired) electrons. The number of carbonyl (C=O) groups is 1. The summed E-state index contributed by atoms with van der Waals surface area (Å²) in [7, 11) is 0. The molecule has 6 heteroatoms. The quantitative estimate of drug-likeness (QED) is 0.798. The molecule has 1 fully saturated rings. The lowest BCUT2D eigenvalue weighted by Gasteiger charge is -2.20. The summed E-state index contributed by atoms with van der Waals surface area (Å²) in [6.07, 6.45) is 7.21. The first-order chi connectivity index (χ1) is 12.2. The van der Waals surface area contributed by atoms with Gasteiger partial charge in [-0.25, -0.2) is 4.98 Å². The van der Waals surface area contributed by atoms with Crippen LogP contribution in [0.25, 0.3) is 16.8 Å². The third-order valence-electron chi connectivity index (χ3n) is 4.52. The van der Waals surface area contributed by atoms with E-state index in [1.807, 2.05) is 54.2 Å². The molecule has 0 bridgehead atoms. The molecule has 6 nitrogen and oxygen atoms in total. The van der Waals surface area contributed by atoms with Crippen LogP contribution in [-0.4, -0.2) is 33.5 Å². The van der Waals surface area contributed by atoms with Gasteiger partial charge in [-0.2, -0.15) is 0 Å². The van der Waals surface area contributed by atoms with Crippen molar-refractivity contribution in [3.8, 4) is 11.1 Å². The largest absolute Gasteiger partial charge is 0.381 e. The van der Waals surface area contributed by atoms with Gasteiger partial charge in [-0.1, -0.05) is 0 Å². The molecule has 25 heavy (non-hydrogen) atoms. The van der Waals surface area contributed by atoms with Gasteiger partial charge in [0.2, 0.25) is 5.91 Å². The normalized spacial score (nSPS) is 15.4. The van der Waals surface area contributed by atoms with Gasteiger partial charge in [-0.3, -0.25) is 9.78 Å². The minimum Gasteiger partial charge on any atom is -0.381 e. The molecule has 3 aromatic heterocycles. The smallest absolute Gasteiger partial charge is 0.228 e. The Kier molecular flexibility index (Phi) is 4.19. The van der Waals surface area contributed by atoms with Gasteiger partial charge in [0.15, 0.2) is 5.82 Å². The zero-order valence-electron chi connectivity index (χ0n) is 14.1. The first-order valence-electron chi connectivity index (χ1n) is 8.49. The van der Waals surface area contributed by atoms with Crippen molar-refractivity contribution in [1.82, 2.24) is 14.4 Å². The number of aryl methyl sites for hydroxylation is 1. The Balaban J connectivity index is 1.57. The SMILES string of the molecule is Cc1cc(-c2ccc3nc(NC(=O)C4CCOCC4)cn3c2)ccn1. The molecular weight excluding hydrogens is 316 g/mol. The van der Waals surface area contributed by atoms with Crippen LogP contribution in [0, 0.1) is 12.8 Å². The van der Waals surface area contributed by atoms with Gasteiger partial charge in [0.05, 0.1) is 6.20 Å². The lowest BCUT2D eigenvalue weighted by Crippen LogP contribution is -2.28. The maximum atomic E-state index is 12.3. The molecule has 1 saturated heterocycles. The monoisotopic (exact) mass is 336 g/mol. The van der Waals surface area contributed by atoms with Crippen molar-refractivity contribution in [3.05, 3.63) is 48.5 Å². The first-order valence-corrected chi connectivity index (χ1v) is 8.49. The highest BCUT2D eigenvalue weighted by Crippen LogP contribution is 2.22. The molecule has 1 aliphatic rings. The summed E-state index contributed by atoms with van der Waals surface area (Å²) >= 11 is 0. The van der Waals surface area contributed by atoms with Crippen LogP contribution in [0.5, 0.6) is 0 Å². The van der Waals surface area contributed by atoms with Gasteiger partial charge in [-0.05, 0) is 55.2 Å². The van der Waals surface area contributed by atoms with Crippen molar-refractivity contribution in [3.63, 3.8) is 0 Å². The molecule has 0 atom stereocenters. The van der Waals surface area contributed by atoms with Crippen molar-refractivity contribution < 1.29 is 9.53 Å². The highest BCUT2D eigenvalue weighted by atomic mass is 16.5. The predicted octanol–water partition coefficient (Wildman–Crippen LogP) is 3.07. The highest BCUT2D eigenvalue weighted by molar-refractivity contribution is 5.92. The number of imidazole rings is 1. The number of rotatable bonds is 3. The molecule has 3 aromatic rings. The Morgan fingerprint density at radius 1 is 1.20 bits per heavy atom. The molecular formula is C19H20N4O2. The lowest BCUT2D eigenvalue weighted by atomic mass is 9.99. The summed E-state index contributed by atoms with van der Waals surface area (Å²) in [6.45, 7) is 3.28. The van der Waals surface area contributed by atoms with E-state index in [1.165, 1.54) is 0 Å². The van der Waals surface area contributed by atoms with E-state index < -0.39 is 0 Å². The fourth-order valence-corrected chi connectivity index (χ4v) is 3.14. The summed E-state index contributed by atoms with van der Waals surface area (Å²) in [5, 5.41) is 2.93. The van der Waals surface area contributed by atoms with Crippen LogP contribution in [-0.2, 0) is 9.53 Å². The minimum atomic E-state index is 0.00826. The number of carbonyl (C=O) groups excluding carboxylic acids is 1. The van der Waals surface area contributed by atoms with E-state index in [1.54, 1.807) is 0 Å². The van der Waals surface area contributed by atoms with E-state index in [-0.39, 0.29) is 11.8 Å². The number of pyridine rings is 2. The molecule has 1 amide bonds. The third-order valence-corrected chi connectivity index (χ3v) is 4.52. The van der Waals surface area contributed by atoms with Crippen molar-refractivity contribution in [2.45, 2.75) is 19.8 Å². The molecule has 0 aliphatic carbocycles. The zero-order valence-corrected chi connectivity index (χ0v) is 14.1. The topological polar surface area (TPSA) is 68.5 Å². The fraction of sp³-hybridized carbons (Fsp3) is 0.316. The molecule has 0 unspecified atom stereocenters. The van der Waals surface area contributed by atoms with E-state index in [0.29, 0.717) is 19.0 Å². The van der Waals surface area contributed by atoms with Crippen molar-refractivity contribution in [2.75, 3.05) is 18.5 Å². The maximum Gasteiger partial charge on any atom is 0.228 e. The second-order valence-electron chi connectivity index (χ2n) is 6.37. The maximum absolute atomic E-state index is 12.3. The molecule has 0 saturated carbocycles. The van der Waals surface area contributed by atoms with Crippen molar-refractivity contribution >= 4 is 17.4 Å². The Labute approximate surface area is 145 Å². The average molecular weight is 336 g/mol. The number of fused-ring (bicyclic) bond motifs is 1. The summed E-state index contributed by atoms with van der Waals surface area (Å²) < 4.78 is 7.24. The van der Waals surface area contributed by atoms with Gasteiger partial charge in [0.25, 0.3) is 0 Å². The molecule has 0 spiro atoms. The Hall–Kier alpha value is -2.73. The summed E-state index contributed by atoms with van der Waals surface area (Å²) in [5.74, 6) is 0.616. The fourth-order valence-electron chi connectivity index (χ4n) is 3.14. The van der Waals surface area contributed by atoms with Crippen LogP contribution in [0.4, 0.5) is 5.82 Å². The van der Waals surface area contributed by atoms with E-state index in [0.717, 1.165) is 35.3 Å². The van der Waals surface area contributed by atoms with Gasteiger partial charge < -0.3 is 14.5 Å². The number of amides is 1. The number of aromatic nitrogens is 3. The van der Waals surface area contributed by atoms with Crippen molar-refractivity contribution in [1.29, 1.82) is 0 Å². The van der Waals surface area contributed by atoms with Gasteiger partial charge >= 0.3 is 0 Å². The van der Waals surface area contributed by atoms with Crippen LogP contribution in [0.2, 0.25) is 0 Å². The Morgan fingerprint density at radius 2 is 2.04 bits per heavy atom. The number of hydrogen-bond donors (Lipinski definition) is 1. The standard InChI is InChI=1S/C19H20N4O2/c1-13-10-15(4-7-20-13)16-2-3-18-21-17(12-23(18)11-16)22-19(24)14-5-8-25-9-6-14/h2-4,7,10-12,14H,5-6,8-9H2,1H3,(H,22,24). The number of nitrogens with one attached hydrogen (secondary N) is 1. The molecule has 1 aliphatic heterocycles. The number of hydrogen-bond acceptors (Lipinski definition) is 4. The zero-order chi connectivity index (χ0) is 17.2. The molecule has 0 aromatic carbocycles. The molecule has 4 rings (SSSR count).